The van der Waals surface area contributed by atoms with Crippen molar-refractivity contribution in [3.63, 3.8) is 0 Å². The first-order valence-corrected chi connectivity index (χ1v) is 6.69. The quantitative estimate of drug-likeness (QED) is 0.381. The van der Waals surface area contributed by atoms with E-state index in [-0.39, 0.29) is 0 Å². The van der Waals surface area contributed by atoms with Gasteiger partial charge in [-0.3, -0.25) is 0 Å². The van der Waals surface area contributed by atoms with E-state index in [2.05, 4.69) is 16.7 Å². The van der Waals surface area contributed by atoms with Gasteiger partial charge in [0.05, 0.1) is 17.6 Å². The standard InChI is InChI=1S/C17H14N3/c1-18-14-8-4-5-9-15(14)20-11-16-13-7-3-2-6-12(13)10-19(16)17(18)20/h2-9,11H,10H2,1H3/q+1/i1D3. The molecular formula is C17H14N3+. The molecule has 20 heavy (non-hydrogen) atoms. The summed E-state index contributed by atoms with van der Waals surface area (Å²) in [5.74, 6) is 0.706. The van der Waals surface area contributed by atoms with Crippen LogP contribution in [0.1, 0.15) is 9.68 Å². The van der Waals surface area contributed by atoms with E-state index in [1.54, 1.807) is 0 Å². The molecule has 0 radical (unpaired) electrons. The maximum Gasteiger partial charge on any atom is 0.370 e. The second kappa shape index (κ2) is 3.31. The van der Waals surface area contributed by atoms with Crippen molar-refractivity contribution in [3.05, 3.63) is 60.3 Å². The van der Waals surface area contributed by atoms with Crippen LogP contribution in [0.3, 0.4) is 0 Å². The SMILES string of the molecule is [2H]C([2H])([2H])[n+]1c2ccccc2n2cc3n(c21)Cc1ccccc1-3. The number of benzene rings is 2. The molecule has 0 amide bonds. The van der Waals surface area contributed by atoms with Crippen molar-refractivity contribution in [2.24, 2.45) is 6.98 Å². The normalized spacial score (nSPS) is 15.9. The summed E-state index contributed by atoms with van der Waals surface area (Å²) in [5, 5.41) is 0. The van der Waals surface area contributed by atoms with Gasteiger partial charge in [-0.05, 0) is 17.7 Å². The van der Waals surface area contributed by atoms with Crippen LogP contribution in [0.2, 0.25) is 0 Å². The Kier molecular flexibility index (Phi) is 1.31. The lowest BCUT2D eigenvalue weighted by atomic mass is 10.1. The zero-order valence-corrected chi connectivity index (χ0v) is 10.7. The summed E-state index contributed by atoms with van der Waals surface area (Å²) in [7, 11) is 0. The summed E-state index contributed by atoms with van der Waals surface area (Å²) in [6.07, 6.45) is 2.05. The van der Waals surface area contributed by atoms with Crippen LogP contribution in [-0.4, -0.2) is 8.97 Å². The zero-order valence-electron chi connectivity index (χ0n) is 13.7. The van der Waals surface area contributed by atoms with Gasteiger partial charge in [-0.15, -0.1) is 0 Å². The van der Waals surface area contributed by atoms with E-state index in [9.17, 15) is 0 Å². The van der Waals surface area contributed by atoms with Crippen molar-refractivity contribution in [3.8, 4) is 11.3 Å². The summed E-state index contributed by atoms with van der Waals surface area (Å²) in [5.41, 5.74) is 5.12. The molecule has 1 aliphatic rings. The maximum atomic E-state index is 7.99. The molecule has 0 saturated heterocycles. The van der Waals surface area contributed by atoms with Crippen LogP contribution in [0.15, 0.2) is 54.7 Å². The largest absolute Gasteiger partial charge is 0.370 e. The fourth-order valence-corrected chi connectivity index (χ4v) is 3.31. The first kappa shape index (κ1) is 7.90. The third-order valence-electron chi connectivity index (χ3n) is 4.20. The highest BCUT2D eigenvalue weighted by atomic mass is 15.3. The van der Waals surface area contributed by atoms with Crippen LogP contribution in [-0.2, 0) is 13.5 Å². The van der Waals surface area contributed by atoms with E-state index in [4.69, 9.17) is 4.11 Å². The lowest BCUT2D eigenvalue weighted by molar-refractivity contribution is -0.621. The van der Waals surface area contributed by atoms with Gasteiger partial charge in [0.15, 0.2) is 0 Å². The molecule has 0 spiro atoms. The lowest BCUT2D eigenvalue weighted by Crippen LogP contribution is -2.29. The Balaban J connectivity index is 1.97. The summed E-state index contributed by atoms with van der Waals surface area (Å²) in [4.78, 5) is 0. The Hall–Kier alpha value is -2.55. The van der Waals surface area contributed by atoms with E-state index >= 15 is 0 Å². The molecular weight excluding hydrogens is 246 g/mol. The number of hydrogen-bond acceptors (Lipinski definition) is 0. The number of nitrogens with zero attached hydrogens (tertiary/aromatic N) is 3. The average molecular weight is 263 g/mol. The summed E-state index contributed by atoms with van der Waals surface area (Å²) in [6, 6.07) is 15.9. The number of aryl methyl sites for hydroxylation is 1. The average Bonchev–Trinajstić information content (AvgIpc) is 3.13. The molecule has 3 nitrogen and oxygen atoms in total. The van der Waals surface area contributed by atoms with Crippen LogP contribution in [0, 0.1) is 0 Å². The van der Waals surface area contributed by atoms with Gasteiger partial charge in [0.25, 0.3) is 0 Å². The molecule has 0 fully saturated rings. The molecule has 2 aromatic carbocycles. The fraction of sp³-hybridized carbons (Fsp3) is 0.118. The Bertz CT molecular complexity index is 1090. The van der Waals surface area contributed by atoms with E-state index in [1.165, 1.54) is 15.7 Å². The van der Waals surface area contributed by atoms with E-state index < -0.39 is 6.98 Å². The molecule has 96 valence electrons. The molecule has 3 heterocycles. The predicted molar refractivity (Wildman–Crippen MR) is 78.6 cm³/mol. The molecule has 0 bridgehead atoms. The van der Waals surface area contributed by atoms with Crippen molar-refractivity contribution in [1.29, 1.82) is 0 Å². The second-order valence-corrected chi connectivity index (χ2v) is 5.25. The molecule has 1 aliphatic heterocycles. The van der Waals surface area contributed by atoms with Crippen LogP contribution >= 0.6 is 0 Å². The number of imidazole rings is 2. The van der Waals surface area contributed by atoms with Crippen molar-refractivity contribution in [2.45, 2.75) is 6.54 Å². The number of para-hydroxylation sites is 2. The maximum absolute atomic E-state index is 7.99. The van der Waals surface area contributed by atoms with Gasteiger partial charge in [0.1, 0.15) is 22.9 Å². The monoisotopic (exact) mass is 263 g/mol. The highest BCUT2D eigenvalue weighted by Gasteiger charge is 2.30. The number of aromatic nitrogens is 3. The number of rotatable bonds is 0. The Morgan fingerprint density at radius 3 is 2.90 bits per heavy atom. The highest BCUT2D eigenvalue weighted by Crippen LogP contribution is 2.34. The van der Waals surface area contributed by atoms with Gasteiger partial charge in [-0.1, -0.05) is 36.4 Å². The van der Waals surface area contributed by atoms with Crippen molar-refractivity contribution in [2.75, 3.05) is 0 Å². The molecule has 0 N–H and O–H groups in total. The molecule has 3 heteroatoms. The van der Waals surface area contributed by atoms with Crippen LogP contribution in [0.4, 0.5) is 0 Å². The molecule has 0 atom stereocenters. The zero-order chi connectivity index (χ0) is 15.8. The van der Waals surface area contributed by atoms with E-state index in [0.29, 0.717) is 12.3 Å². The first-order chi connectivity index (χ1) is 11.1. The summed E-state index contributed by atoms with van der Waals surface area (Å²) >= 11 is 0. The Labute approximate surface area is 120 Å². The van der Waals surface area contributed by atoms with E-state index in [0.717, 1.165) is 16.7 Å². The highest BCUT2D eigenvalue weighted by molar-refractivity contribution is 5.78. The van der Waals surface area contributed by atoms with Crippen molar-refractivity contribution >= 4 is 16.8 Å². The van der Waals surface area contributed by atoms with Gasteiger partial charge in [0.2, 0.25) is 0 Å². The van der Waals surface area contributed by atoms with Gasteiger partial charge in [-0.25, -0.2) is 9.13 Å². The predicted octanol–water partition coefficient (Wildman–Crippen LogP) is 2.75. The van der Waals surface area contributed by atoms with Gasteiger partial charge < -0.3 is 0 Å². The number of fused-ring (bicyclic) bond motifs is 7. The molecule has 0 saturated carbocycles. The first-order valence-electron chi connectivity index (χ1n) is 8.19. The van der Waals surface area contributed by atoms with Gasteiger partial charge in [-0.2, -0.15) is 4.40 Å². The van der Waals surface area contributed by atoms with Crippen LogP contribution < -0.4 is 4.57 Å². The van der Waals surface area contributed by atoms with Gasteiger partial charge in [0, 0.05) is 5.56 Å². The van der Waals surface area contributed by atoms with Crippen molar-refractivity contribution in [1.82, 2.24) is 8.97 Å². The van der Waals surface area contributed by atoms with Crippen LogP contribution in [0.25, 0.3) is 28.1 Å². The number of hydrogen-bond donors (Lipinski definition) is 0. The second-order valence-electron chi connectivity index (χ2n) is 5.25. The third-order valence-corrected chi connectivity index (χ3v) is 4.20. The molecule has 0 unspecified atom stereocenters. The molecule has 2 aromatic heterocycles. The minimum absolute atomic E-state index is 0.703. The topological polar surface area (TPSA) is 13.2 Å². The summed E-state index contributed by atoms with van der Waals surface area (Å²) < 4.78 is 29.5. The van der Waals surface area contributed by atoms with Crippen molar-refractivity contribution < 1.29 is 8.68 Å². The third kappa shape index (κ3) is 1.05. The van der Waals surface area contributed by atoms with Crippen LogP contribution in [0.5, 0.6) is 0 Å². The Morgan fingerprint density at radius 1 is 1.10 bits per heavy atom. The Morgan fingerprint density at radius 2 is 1.95 bits per heavy atom. The summed E-state index contributed by atoms with van der Waals surface area (Å²) in [6.45, 7) is -1.52. The van der Waals surface area contributed by atoms with E-state index in [1.807, 2.05) is 47.0 Å². The molecule has 4 aromatic rings. The minimum atomic E-state index is -2.22. The fourth-order valence-electron chi connectivity index (χ4n) is 3.31. The van der Waals surface area contributed by atoms with Gasteiger partial charge >= 0.3 is 5.78 Å². The minimum Gasteiger partial charge on any atom is -0.230 e. The smallest absolute Gasteiger partial charge is 0.230 e. The molecule has 5 rings (SSSR count). The molecule has 0 aliphatic carbocycles. The lowest BCUT2D eigenvalue weighted by Gasteiger charge is -1.93.